The first kappa shape index (κ1) is 18.1. The van der Waals surface area contributed by atoms with Crippen molar-refractivity contribution in [2.24, 2.45) is 0 Å². The number of fused-ring (bicyclic) bond motifs is 1. The molecule has 0 saturated carbocycles. The van der Waals surface area contributed by atoms with Crippen LogP contribution in [-0.4, -0.2) is 49.2 Å². The SMILES string of the molecule is Cc1ccc(-c2ccc(C(=O)NCC3CN4CCCC4CO3)c(F)c2)cc1. The van der Waals surface area contributed by atoms with E-state index in [1.807, 2.05) is 31.2 Å². The highest BCUT2D eigenvalue weighted by molar-refractivity contribution is 5.95. The van der Waals surface area contributed by atoms with E-state index >= 15 is 0 Å². The van der Waals surface area contributed by atoms with E-state index in [2.05, 4.69) is 10.2 Å². The lowest BCUT2D eigenvalue weighted by atomic mass is 10.0. The summed E-state index contributed by atoms with van der Waals surface area (Å²) in [5.41, 5.74) is 2.92. The second kappa shape index (κ2) is 7.79. The Morgan fingerprint density at radius 2 is 2.00 bits per heavy atom. The van der Waals surface area contributed by atoms with Crippen LogP contribution in [0.1, 0.15) is 28.8 Å². The molecule has 2 aliphatic heterocycles. The van der Waals surface area contributed by atoms with E-state index in [-0.39, 0.29) is 11.7 Å². The number of rotatable bonds is 4. The molecule has 2 aromatic carbocycles. The number of nitrogens with one attached hydrogen (secondary N) is 1. The maximum absolute atomic E-state index is 14.5. The molecule has 2 atom stereocenters. The molecule has 0 radical (unpaired) electrons. The van der Waals surface area contributed by atoms with Crippen molar-refractivity contribution in [3.8, 4) is 11.1 Å². The van der Waals surface area contributed by atoms with Crippen molar-refractivity contribution in [2.75, 3.05) is 26.2 Å². The number of carbonyl (C=O) groups excluding carboxylic acids is 1. The predicted molar refractivity (Wildman–Crippen MR) is 103 cm³/mol. The third-order valence-corrected chi connectivity index (χ3v) is 5.55. The molecule has 142 valence electrons. The fourth-order valence-electron chi connectivity index (χ4n) is 3.94. The average molecular weight is 368 g/mol. The van der Waals surface area contributed by atoms with Crippen molar-refractivity contribution in [3.05, 3.63) is 59.4 Å². The number of benzene rings is 2. The molecular formula is C22H25FN2O2. The first-order valence-electron chi connectivity index (χ1n) is 9.60. The molecule has 0 spiro atoms. The van der Waals surface area contributed by atoms with E-state index in [0.717, 1.165) is 36.4 Å². The molecule has 2 heterocycles. The van der Waals surface area contributed by atoms with Gasteiger partial charge in [0.15, 0.2) is 0 Å². The largest absolute Gasteiger partial charge is 0.373 e. The summed E-state index contributed by atoms with van der Waals surface area (Å²) in [7, 11) is 0. The van der Waals surface area contributed by atoms with Crippen LogP contribution in [0.15, 0.2) is 42.5 Å². The van der Waals surface area contributed by atoms with Crippen molar-refractivity contribution in [3.63, 3.8) is 0 Å². The summed E-state index contributed by atoms with van der Waals surface area (Å²) in [6.07, 6.45) is 2.38. The number of carbonyl (C=O) groups is 1. The third-order valence-electron chi connectivity index (χ3n) is 5.55. The van der Waals surface area contributed by atoms with E-state index in [9.17, 15) is 9.18 Å². The Kier molecular flexibility index (Phi) is 5.23. The zero-order valence-electron chi connectivity index (χ0n) is 15.6. The lowest BCUT2D eigenvalue weighted by molar-refractivity contribution is -0.0462. The minimum Gasteiger partial charge on any atom is -0.373 e. The Balaban J connectivity index is 1.38. The molecule has 0 aliphatic carbocycles. The van der Waals surface area contributed by atoms with E-state index in [1.54, 1.807) is 12.1 Å². The molecule has 2 aliphatic rings. The Bertz CT molecular complexity index is 822. The number of amides is 1. The van der Waals surface area contributed by atoms with E-state index in [1.165, 1.54) is 18.9 Å². The summed E-state index contributed by atoms with van der Waals surface area (Å²) in [5, 5.41) is 2.83. The van der Waals surface area contributed by atoms with Crippen LogP contribution in [0.5, 0.6) is 0 Å². The molecule has 0 bridgehead atoms. The normalized spacial score (nSPS) is 22.4. The summed E-state index contributed by atoms with van der Waals surface area (Å²) < 4.78 is 20.4. The maximum Gasteiger partial charge on any atom is 0.254 e. The molecule has 2 saturated heterocycles. The minimum absolute atomic E-state index is 0.0295. The summed E-state index contributed by atoms with van der Waals surface area (Å²) in [4.78, 5) is 14.8. The highest BCUT2D eigenvalue weighted by Gasteiger charge is 2.32. The molecule has 4 nitrogen and oxygen atoms in total. The van der Waals surface area contributed by atoms with Crippen LogP contribution < -0.4 is 5.32 Å². The topological polar surface area (TPSA) is 41.6 Å². The number of nitrogens with zero attached hydrogens (tertiary/aromatic N) is 1. The highest BCUT2D eigenvalue weighted by Crippen LogP contribution is 2.24. The van der Waals surface area contributed by atoms with Crippen molar-refractivity contribution in [1.29, 1.82) is 0 Å². The molecule has 4 rings (SSSR count). The summed E-state index contributed by atoms with van der Waals surface area (Å²) >= 11 is 0. The Morgan fingerprint density at radius 1 is 1.22 bits per heavy atom. The Morgan fingerprint density at radius 3 is 2.78 bits per heavy atom. The second-order valence-electron chi connectivity index (χ2n) is 7.52. The molecular weight excluding hydrogens is 343 g/mol. The van der Waals surface area contributed by atoms with Crippen molar-refractivity contribution >= 4 is 5.91 Å². The molecule has 0 aromatic heterocycles. The Hall–Kier alpha value is -2.24. The van der Waals surface area contributed by atoms with Gasteiger partial charge in [-0.15, -0.1) is 0 Å². The first-order valence-corrected chi connectivity index (χ1v) is 9.60. The van der Waals surface area contributed by atoms with E-state index < -0.39 is 11.7 Å². The zero-order valence-corrected chi connectivity index (χ0v) is 15.6. The number of ether oxygens (including phenoxy) is 1. The van der Waals surface area contributed by atoms with Gasteiger partial charge < -0.3 is 10.1 Å². The van der Waals surface area contributed by atoms with Gasteiger partial charge >= 0.3 is 0 Å². The van der Waals surface area contributed by atoms with Gasteiger partial charge in [-0.3, -0.25) is 9.69 Å². The van der Waals surface area contributed by atoms with Gasteiger partial charge in [0.1, 0.15) is 5.82 Å². The minimum atomic E-state index is -0.505. The second-order valence-corrected chi connectivity index (χ2v) is 7.52. The summed E-state index contributed by atoms with van der Waals surface area (Å²) in [5.74, 6) is -0.898. The van der Waals surface area contributed by atoms with Crippen LogP contribution in [0.25, 0.3) is 11.1 Å². The number of hydrogen-bond donors (Lipinski definition) is 1. The van der Waals surface area contributed by atoms with Gasteiger partial charge in [0.05, 0.1) is 18.3 Å². The number of morpholine rings is 1. The lowest BCUT2D eigenvalue weighted by Crippen LogP contribution is -2.50. The van der Waals surface area contributed by atoms with E-state index in [4.69, 9.17) is 4.74 Å². The smallest absolute Gasteiger partial charge is 0.254 e. The lowest BCUT2D eigenvalue weighted by Gasteiger charge is -2.35. The number of halogens is 1. The zero-order chi connectivity index (χ0) is 18.8. The predicted octanol–water partition coefficient (Wildman–Crippen LogP) is 3.39. The van der Waals surface area contributed by atoms with Crippen molar-refractivity contribution in [1.82, 2.24) is 10.2 Å². The van der Waals surface area contributed by atoms with Gasteiger partial charge in [0.2, 0.25) is 0 Å². The molecule has 2 aromatic rings. The van der Waals surface area contributed by atoms with Crippen LogP contribution in [-0.2, 0) is 4.74 Å². The summed E-state index contributed by atoms with van der Waals surface area (Å²) in [6.45, 7) is 5.08. The molecule has 2 unspecified atom stereocenters. The van der Waals surface area contributed by atoms with Crippen LogP contribution in [0.2, 0.25) is 0 Å². The molecule has 27 heavy (non-hydrogen) atoms. The monoisotopic (exact) mass is 368 g/mol. The van der Waals surface area contributed by atoms with Gasteiger partial charge in [0, 0.05) is 19.1 Å². The fourth-order valence-corrected chi connectivity index (χ4v) is 3.94. The number of hydrogen-bond acceptors (Lipinski definition) is 3. The Labute approximate surface area is 159 Å². The molecule has 1 N–H and O–H groups in total. The van der Waals surface area contributed by atoms with Crippen LogP contribution >= 0.6 is 0 Å². The fraction of sp³-hybridized carbons (Fsp3) is 0.409. The van der Waals surface area contributed by atoms with Gasteiger partial charge in [-0.25, -0.2) is 4.39 Å². The third kappa shape index (κ3) is 4.04. The van der Waals surface area contributed by atoms with Crippen molar-refractivity contribution < 1.29 is 13.9 Å². The van der Waals surface area contributed by atoms with Gasteiger partial charge in [0.25, 0.3) is 5.91 Å². The van der Waals surface area contributed by atoms with Crippen molar-refractivity contribution in [2.45, 2.75) is 31.9 Å². The summed E-state index contributed by atoms with van der Waals surface area (Å²) in [6, 6.07) is 13.2. The highest BCUT2D eigenvalue weighted by atomic mass is 19.1. The standard InChI is InChI=1S/C22H25FN2O2/c1-15-4-6-16(7-5-15)17-8-9-20(21(23)11-17)22(26)24-12-19-13-25-10-2-3-18(25)14-27-19/h4-9,11,18-19H,2-3,10,12-14H2,1H3,(H,24,26). The van der Waals surface area contributed by atoms with Gasteiger partial charge in [-0.05, 0) is 49.6 Å². The number of aryl methyl sites for hydroxylation is 1. The average Bonchev–Trinajstić information content (AvgIpc) is 3.14. The van der Waals surface area contributed by atoms with Gasteiger partial charge in [-0.2, -0.15) is 0 Å². The molecule has 2 fully saturated rings. The maximum atomic E-state index is 14.5. The van der Waals surface area contributed by atoms with E-state index in [0.29, 0.717) is 12.6 Å². The van der Waals surface area contributed by atoms with Crippen LogP contribution in [0.4, 0.5) is 4.39 Å². The quantitative estimate of drug-likeness (QED) is 0.899. The van der Waals surface area contributed by atoms with Crippen LogP contribution in [0, 0.1) is 12.7 Å². The van der Waals surface area contributed by atoms with Gasteiger partial charge in [-0.1, -0.05) is 35.9 Å². The molecule has 5 heteroatoms. The molecule has 1 amide bonds. The first-order chi connectivity index (χ1) is 13.1. The van der Waals surface area contributed by atoms with Crippen LogP contribution in [0.3, 0.4) is 0 Å².